The summed E-state index contributed by atoms with van der Waals surface area (Å²) in [6, 6.07) is 5.99. The molecule has 1 atom stereocenters. The number of carbonyl (C=O) groups excluding carboxylic acids is 1. The molecule has 0 saturated carbocycles. The van der Waals surface area contributed by atoms with Crippen molar-refractivity contribution in [1.29, 1.82) is 0 Å². The number of ether oxygens (including phenoxy) is 1. The van der Waals surface area contributed by atoms with E-state index < -0.39 is 0 Å². The number of aryl methyl sites for hydroxylation is 1. The molecule has 5 rings (SSSR count). The molecule has 3 fully saturated rings. The lowest BCUT2D eigenvalue weighted by molar-refractivity contribution is 0.0420. The minimum Gasteiger partial charge on any atom is -0.494 e. The van der Waals surface area contributed by atoms with Gasteiger partial charge in [-0.3, -0.25) is 4.79 Å². The van der Waals surface area contributed by atoms with E-state index in [1.54, 1.807) is 0 Å². The van der Waals surface area contributed by atoms with E-state index in [1.807, 2.05) is 32.0 Å². The quantitative estimate of drug-likeness (QED) is 0.880. The Balaban J connectivity index is 1.73. The second-order valence-electron chi connectivity index (χ2n) is 6.87. The summed E-state index contributed by atoms with van der Waals surface area (Å²) >= 11 is 0. The van der Waals surface area contributed by atoms with Crippen molar-refractivity contribution in [3.8, 4) is 5.75 Å². The molecule has 2 bridgehead atoms. The number of fused-ring (bicyclic) bond motifs is 4. The third kappa shape index (κ3) is 2.45. The highest BCUT2D eigenvalue weighted by molar-refractivity contribution is 6.10. The van der Waals surface area contributed by atoms with Crippen LogP contribution in [-0.2, 0) is 0 Å². The SMILES string of the molecule is CCOc1ccc2[nH]c(C)c(C(=O)C3CN4CCC3CC4)c2c1. The second-order valence-corrected chi connectivity index (χ2v) is 6.87. The van der Waals surface area contributed by atoms with Crippen LogP contribution in [0.15, 0.2) is 18.2 Å². The van der Waals surface area contributed by atoms with E-state index in [0.29, 0.717) is 18.3 Å². The fourth-order valence-corrected chi connectivity index (χ4v) is 4.33. The van der Waals surface area contributed by atoms with E-state index in [-0.39, 0.29) is 5.92 Å². The number of piperidine rings is 3. The van der Waals surface area contributed by atoms with Gasteiger partial charge >= 0.3 is 0 Å². The van der Waals surface area contributed by atoms with Crippen LogP contribution in [0.3, 0.4) is 0 Å². The topological polar surface area (TPSA) is 45.3 Å². The number of carbonyl (C=O) groups is 1. The first-order valence-corrected chi connectivity index (χ1v) is 8.69. The number of H-pyrrole nitrogens is 1. The van der Waals surface area contributed by atoms with Crippen LogP contribution in [0.4, 0.5) is 0 Å². The van der Waals surface area contributed by atoms with Crippen molar-refractivity contribution < 1.29 is 9.53 Å². The summed E-state index contributed by atoms with van der Waals surface area (Å²) < 4.78 is 5.62. The monoisotopic (exact) mass is 312 g/mol. The van der Waals surface area contributed by atoms with Gasteiger partial charge in [0.1, 0.15) is 5.75 Å². The number of hydrogen-bond acceptors (Lipinski definition) is 3. The number of aromatic nitrogens is 1. The van der Waals surface area contributed by atoms with Crippen molar-refractivity contribution in [2.24, 2.45) is 11.8 Å². The molecule has 4 nitrogen and oxygen atoms in total. The zero-order valence-electron chi connectivity index (χ0n) is 13.9. The third-order valence-electron chi connectivity index (χ3n) is 5.51. The van der Waals surface area contributed by atoms with Crippen molar-refractivity contribution >= 4 is 16.7 Å². The van der Waals surface area contributed by atoms with Crippen LogP contribution in [0.5, 0.6) is 5.75 Å². The number of benzene rings is 1. The Morgan fingerprint density at radius 1 is 1.35 bits per heavy atom. The molecule has 0 spiro atoms. The molecule has 0 amide bonds. The lowest BCUT2D eigenvalue weighted by atomic mass is 9.75. The Bertz CT molecular complexity index is 741. The van der Waals surface area contributed by atoms with Gasteiger partial charge in [0.25, 0.3) is 0 Å². The number of hydrogen-bond donors (Lipinski definition) is 1. The predicted molar refractivity (Wildman–Crippen MR) is 91.2 cm³/mol. The van der Waals surface area contributed by atoms with E-state index in [0.717, 1.165) is 47.5 Å². The van der Waals surface area contributed by atoms with E-state index in [1.165, 1.54) is 12.8 Å². The number of nitrogens with zero attached hydrogens (tertiary/aromatic N) is 1. The van der Waals surface area contributed by atoms with Gasteiger partial charge in [0.05, 0.1) is 6.61 Å². The van der Waals surface area contributed by atoms with E-state index in [9.17, 15) is 4.79 Å². The summed E-state index contributed by atoms with van der Waals surface area (Å²) in [6.07, 6.45) is 2.34. The van der Waals surface area contributed by atoms with Crippen LogP contribution >= 0.6 is 0 Å². The Morgan fingerprint density at radius 2 is 2.13 bits per heavy atom. The van der Waals surface area contributed by atoms with Gasteiger partial charge < -0.3 is 14.6 Å². The first kappa shape index (κ1) is 14.8. The minimum atomic E-state index is 0.158. The summed E-state index contributed by atoms with van der Waals surface area (Å²) in [5.74, 6) is 1.87. The predicted octanol–water partition coefficient (Wildman–Crippen LogP) is 3.40. The van der Waals surface area contributed by atoms with Gasteiger partial charge in [0.2, 0.25) is 0 Å². The van der Waals surface area contributed by atoms with Crippen molar-refractivity contribution in [3.63, 3.8) is 0 Å². The van der Waals surface area contributed by atoms with Crippen LogP contribution in [0.2, 0.25) is 0 Å². The van der Waals surface area contributed by atoms with E-state index >= 15 is 0 Å². The molecule has 4 heteroatoms. The van der Waals surface area contributed by atoms with Gasteiger partial charge in [-0.05, 0) is 63.9 Å². The molecule has 1 N–H and O–H groups in total. The molecule has 0 radical (unpaired) electrons. The van der Waals surface area contributed by atoms with Gasteiger partial charge in [0.15, 0.2) is 5.78 Å². The molecule has 3 saturated heterocycles. The molecule has 122 valence electrons. The number of rotatable bonds is 4. The number of nitrogens with one attached hydrogen (secondary N) is 1. The van der Waals surface area contributed by atoms with Gasteiger partial charge in [-0.15, -0.1) is 0 Å². The van der Waals surface area contributed by atoms with Crippen LogP contribution in [0.25, 0.3) is 10.9 Å². The Morgan fingerprint density at radius 3 is 2.78 bits per heavy atom. The highest BCUT2D eigenvalue weighted by Gasteiger charge is 2.39. The smallest absolute Gasteiger partial charge is 0.169 e. The summed E-state index contributed by atoms with van der Waals surface area (Å²) in [4.78, 5) is 19.1. The zero-order chi connectivity index (χ0) is 16.0. The van der Waals surface area contributed by atoms with Crippen molar-refractivity contribution in [3.05, 3.63) is 29.5 Å². The van der Waals surface area contributed by atoms with E-state index in [4.69, 9.17) is 4.74 Å². The van der Waals surface area contributed by atoms with Crippen molar-refractivity contribution in [2.45, 2.75) is 26.7 Å². The Kier molecular flexibility index (Phi) is 3.64. The maximum atomic E-state index is 13.3. The van der Waals surface area contributed by atoms with Gasteiger partial charge in [-0.25, -0.2) is 0 Å². The molecule has 23 heavy (non-hydrogen) atoms. The summed E-state index contributed by atoms with van der Waals surface area (Å²) in [6.45, 7) is 7.88. The summed E-state index contributed by atoms with van der Waals surface area (Å²) in [5, 5.41) is 1.01. The fraction of sp³-hybridized carbons (Fsp3) is 0.526. The number of aromatic amines is 1. The highest BCUT2D eigenvalue weighted by Crippen LogP contribution is 2.37. The van der Waals surface area contributed by atoms with Crippen LogP contribution in [0, 0.1) is 18.8 Å². The molecular weight excluding hydrogens is 288 g/mol. The molecule has 1 aromatic heterocycles. The van der Waals surface area contributed by atoms with Crippen LogP contribution < -0.4 is 4.74 Å². The fourth-order valence-electron chi connectivity index (χ4n) is 4.33. The molecule has 0 aliphatic carbocycles. The normalized spacial score (nSPS) is 26.6. The molecule has 1 unspecified atom stereocenters. The first-order valence-electron chi connectivity index (χ1n) is 8.69. The minimum absolute atomic E-state index is 0.158. The molecule has 3 aliphatic rings. The maximum absolute atomic E-state index is 13.3. The average Bonchev–Trinajstić information content (AvgIpc) is 2.91. The van der Waals surface area contributed by atoms with Crippen molar-refractivity contribution in [1.82, 2.24) is 9.88 Å². The molecule has 2 aromatic rings. The van der Waals surface area contributed by atoms with Crippen molar-refractivity contribution in [2.75, 3.05) is 26.2 Å². The molecule has 3 aliphatic heterocycles. The number of Topliss-reactive ketones (excluding diaryl/α,β-unsaturated/α-hetero) is 1. The third-order valence-corrected chi connectivity index (χ3v) is 5.51. The lowest BCUT2D eigenvalue weighted by Gasteiger charge is -2.44. The summed E-state index contributed by atoms with van der Waals surface area (Å²) in [5.41, 5.74) is 2.88. The standard InChI is InChI=1S/C19H24N2O2/c1-3-23-14-4-5-17-15(10-14)18(12(2)20-17)19(22)16-11-21-8-6-13(16)7-9-21/h4-5,10,13,16,20H,3,6-9,11H2,1-2H3. The lowest BCUT2D eigenvalue weighted by Crippen LogP contribution is -2.50. The van der Waals surface area contributed by atoms with Gasteiger partial charge in [-0.1, -0.05) is 0 Å². The highest BCUT2D eigenvalue weighted by atomic mass is 16.5. The van der Waals surface area contributed by atoms with Gasteiger partial charge in [-0.2, -0.15) is 0 Å². The number of ketones is 1. The summed E-state index contributed by atoms with van der Waals surface area (Å²) in [7, 11) is 0. The molecule has 1 aromatic carbocycles. The zero-order valence-corrected chi connectivity index (χ0v) is 13.9. The average molecular weight is 312 g/mol. The largest absolute Gasteiger partial charge is 0.494 e. The molecular formula is C19H24N2O2. The first-order chi connectivity index (χ1) is 11.2. The second kappa shape index (κ2) is 5.68. The Labute approximate surface area is 136 Å². The van der Waals surface area contributed by atoms with Gasteiger partial charge in [0, 0.05) is 34.6 Å². The van der Waals surface area contributed by atoms with E-state index in [2.05, 4.69) is 9.88 Å². The van der Waals surface area contributed by atoms with Crippen LogP contribution in [-0.4, -0.2) is 41.9 Å². The Hall–Kier alpha value is -1.81. The maximum Gasteiger partial charge on any atom is 0.169 e. The van der Waals surface area contributed by atoms with Crippen LogP contribution in [0.1, 0.15) is 35.8 Å². The molecule has 4 heterocycles.